The number of nitrogens with zero attached hydrogens (tertiary/aromatic N) is 1. The second-order valence-corrected chi connectivity index (χ2v) is 10.3. The number of thioether (sulfide) groups is 1. The fourth-order valence-corrected chi connectivity index (χ4v) is 5.54. The number of carbonyl (C=O) groups excluding carboxylic acids is 2. The molecule has 0 aliphatic carbocycles. The maximum absolute atomic E-state index is 13.4. The van der Waals surface area contributed by atoms with Gasteiger partial charge in [0.1, 0.15) is 5.75 Å². The van der Waals surface area contributed by atoms with E-state index in [1.54, 1.807) is 49.4 Å². The largest absolute Gasteiger partial charge is 0.495 e. The van der Waals surface area contributed by atoms with Gasteiger partial charge in [0.05, 0.1) is 59.0 Å². The van der Waals surface area contributed by atoms with Crippen molar-refractivity contribution in [2.75, 3.05) is 24.8 Å². The van der Waals surface area contributed by atoms with E-state index < -0.39 is 11.9 Å². The Morgan fingerprint density at radius 2 is 1.80 bits per heavy atom. The van der Waals surface area contributed by atoms with Crippen molar-refractivity contribution in [3.63, 3.8) is 0 Å². The molecule has 4 rings (SSSR count). The number of dihydropyridines is 1. The highest BCUT2D eigenvalue weighted by Gasteiger charge is 2.38. The molecule has 3 aromatic rings. The number of halogens is 2. The summed E-state index contributed by atoms with van der Waals surface area (Å²) >= 11 is 13.8. The number of rotatable bonds is 9. The normalized spacial score (nSPS) is 14.7. The summed E-state index contributed by atoms with van der Waals surface area (Å²) in [6.07, 6.45) is 0. The maximum Gasteiger partial charge on any atom is 0.337 e. The summed E-state index contributed by atoms with van der Waals surface area (Å²) in [5, 5.41) is 17.7. The third kappa shape index (κ3) is 6.45. The van der Waals surface area contributed by atoms with Crippen molar-refractivity contribution in [1.29, 1.82) is 5.26 Å². The van der Waals surface area contributed by atoms with Crippen LogP contribution in [-0.2, 0) is 14.3 Å². The lowest BCUT2D eigenvalue weighted by Crippen LogP contribution is -2.30. The minimum absolute atomic E-state index is 0.0464. The lowest BCUT2D eigenvalue weighted by atomic mass is 9.81. The zero-order chi connectivity index (χ0) is 28.6. The van der Waals surface area contributed by atoms with Crippen LogP contribution < -0.4 is 15.4 Å². The minimum Gasteiger partial charge on any atom is -0.495 e. The standard InChI is InChI=1S/C30H25Cl2N3O4S/c1-3-39-30(37)27-26(20-11-7-8-12-22(20)32)21(16-33)29(35-28(27)18-9-5-4-6-10-18)40-17-25(36)34-23-15-19(31)13-14-24(23)38-2/h4-15,26,35H,3,17H2,1-2H3,(H,34,36)/t26-/m0/s1. The van der Waals surface area contributed by atoms with E-state index in [1.807, 2.05) is 30.3 Å². The van der Waals surface area contributed by atoms with Crippen LogP contribution in [0.3, 0.4) is 0 Å². The molecule has 1 amide bonds. The van der Waals surface area contributed by atoms with Gasteiger partial charge in [-0.3, -0.25) is 4.79 Å². The Morgan fingerprint density at radius 1 is 1.07 bits per heavy atom. The molecule has 0 unspecified atom stereocenters. The first kappa shape index (κ1) is 29.1. The zero-order valence-corrected chi connectivity index (χ0v) is 24.0. The van der Waals surface area contributed by atoms with Crippen molar-refractivity contribution >= 4 is 58.2 Å². The Kier molecular flexibility index (Phi) is 9.78. The van der Waals surface area contributed by atoms with Crippen LogP contribution in [0, 0.1) is 11.3 Å². The first-order valence-corrected chi connectivity index (χ1v) is 14.0. The summed E-state index contributed by atoms with van der Waals surface area (Å²) in [5.74, 6) is -1.32. The molecule has 0 spiro atoms. The minimum atomic E-state index is -0.826. The maximum atomic E-state index is 13.4. The molecule has 7 nitrogen and oxygen atoms in total. The fraction of sp³-hybridized carbons (Fsp3) is 0.167. The second-order valence-electron chi connectivity index (χ2n) is 8.49. The SMILES string of the molecule is CCOC(=O)C1=C(c2ccccc2)NC(SCC(=O)Nc2cc(Cl)ccc2OC)=C(C#N)[C@@H]1c1ccccc1Cl. The van der Waals surface area contributed by atoms with Gasteiger partial charge in [0.25, 0.3) is 0 Å². The smallest absolute Gasteiger partial charge is 0.337 e. The second kappa shape index (κ2) is 13.4. The van der Waals surface area contributed by atoms with Gasteiger partial charge in [0.15, 0.2) is 0 Å². The third-order valence-electron chi connectivity index (χ3n) is 6.01. The summed E-state index contributed by atoms with van der Waals surface area (Å²) in [7, 11) is 1.50. The van der Waals surface area contributed by atoms with Gasteiger partial charge in [-0.05, 0) is 42.3 Å². The molecule has 1 heterocycles. The van der Waals surface area contributed by atoms with Crippen molar-refractivity contribution in [3.05, 3.63) is 110 Å². The average molecular weight is 595 g/mol. The van der Waals surface area contributed by atoms with E-state index >= 15 is 0 Å². The molecule has 204 valence electrons. The van der Waals surface area contributed by atoms with Gasteiger partial charge < -0.3 is 20.1 Å². The van der Waals surface area contributed by atoms with Crippen molar-refractivity contribution in [1.82, 2.24) is 5.32 Å². The number of nitriles is 1. The Balaban J connectivity index is 1.76. The molecule has 1 aliphatic rings. The van der Waals surface area contributed by atoms with E-state index in [2.05, 4.69) is 16.7 Å². The van der Waals surface area contributed by atoms with E-state index in [0.29, 0.717) is 43.3 Å². The van der Waals surface area contributed by atoms with Gasteiger partial charge in [0, 0.05) is 10.0 Å². The summed E-state index contributed by atoms with van der Waals surface area (Å²) < 4.78 is 10.8. The quantitative estimate of drug-likeness (QED) is 0.264. The first-order valence-electron chi connectivity index (χ1n) is 12.3. The molecule has 0 fully saturated rings. The number of allylic oxidation sites excluding steroid dienone is 1. The molecule has 0 saturated carbocycles. The Labute approximate surface area is 246 Å². The molecular formula is C30H25Cl2N3O4S. The van der Waals surface area contributed by atoms with Crippen molar-refractivity contribution in [3.8, 4) is 11.8 Å². The number of benzene rings is 3. The Morgan fingerprint density at radius 3 is 2.48 bits per heavy atom. The molecule has 0 aromatic heterocycles. The summed E-state index contributed by atoms with van der Waals surface area (Å²) in [4.78, 5) is 26.4. The number of hydrogen-bond donors (Lipinski definition) is 2. The van der Waals surface area contributed by atoms with Crippen LogP contribution in [-0.4, -0.2) is 31.3 Å². The summed E-state index contributed by atoms with van der Waals surface area (Å²) in [5.41, 5.74) is 2.69. The van der Waals surface area contributed by atoms with E-state index in [0.717, 1.165) is 11.8 Å². The fourth-order valence-electron chi connectivity index (χ4n) is 4.28. The number of methoxy groups -OCH3 is 1. The molecule has 3 aromatic carbocycles. The molecule has 0 radical (unpaired) electrons. The molecule has 1 atom stereocenters. The third-order valence-corrected chi connectivity index (χ3v) is 7.60. The van der Waals surface area contributed by atoms with E-state index in [9.17, 15) is 14.9 Å². The van der Waals surface area contributed by atoms with Crippen LogP contribution in [0.2, 0.25) is 10.0 Å². The highest BCUT2D eigenvalue weighted by Crippen LogP contribution is 2.45. The Hall–Kier alpha value is -3.90. The van der Waals surface area contributed by atoms with Crippen LogP contribution in [0.25, 0.3) is 5.70 Å². The molecular weight excluding hydrogens is 569 g/mol. The Bertz CT molecular complexity index is 1530. The molecule has 10 heteroatoms. The number of amides is 1. The van der Waals surface area contributed by atoms with Gasteiger partial charge in [-0.15, -0.1) is 0 Å². The van der Waals surface area contributed by atoms with Crippen LogP contribution in [0.1, 0.15) is 24.0 Å². The van der Waals surface area contributed by atoms with Gasteiger partial charge in [-0.25, -0.2) is 4.79 Å². The highest BCUT2D eigenvalue weighted by atomic mass is 35.5. The van der Waals surface area contributed by atoms with Gasteiger partial charge in [-0.2, -0.15) is 5.26 Å². The summed E-state index contributed by atoms with van der Waals surface area (Å²) in [6.45, 7) is 1.87. The average Bonchev–Trinajstić information content (AvgIpc) is 2.96. The van der Waals surface area contributed by atoms with E-state index in [1.165, 1.54) is 7.11 Å². The van der Waals surface area contributed by atoms with Crippen LogP contribution in [0.5, 0.6) is 5.75 Å². The van der Waals surface area contributed by atoms with Gasteiger partial charge >= 0.3 is 5.97 Å². The topological polar surface area (TPSA) is 100 Å². The number of carbonyl (C=O) groups is 2. The molecule has 40 heavy (non-hydrogen) atoms. The zero-order valence-electron chi connectivity index (χ0n) is 21.7. The molecule has 0 saturated heterocycles. The monoisotopic (exact) mass is 593 g/mol. The highest BCUT2D eigenvalue weighted by molar-refractivity contribution is 8.03. The van der Waals surface area contributed by atoms with Gasteiger partial charge in [0.2, 0.25) is 5.91 Å². The summed E-state index contributed by atoms with van der Waals surface area (Å²) in [6, 6.07) is 23.5. The number of nitrogens with one attached hydrogen (secondary N) is 2. The molecule has 1 aliphatic heterocycles. The van der Waals surface area contributed by atoms with Crippen LogP contribution >= 0.6 is 35.0 Å². The predicted molar refractivity (Wildman–Crippen MR) is 159 cm³/mol. The van der Waals surface area contributed by atoms with E-state index in [4.69, 9.17) is 32.7 Å². The van der Waals surface area contributed by atoms with Crippen molar-refractivity contribution in [2.45, 2.75) is 12.8 Å². The number of ether oxygens (including phenoxy) is 2. The first-order chi connectivity index (χ1) is 19.4. The van der Waals surface area contributed by atoms with Crippen molar-refractivity contribution < 1.29 is 19.1 Å². The van der Waals surface area contributed by atoms with Crippen molar-refractivity contribution in [2.24, 2.45) is 0 Å². The lowest BCUT2D eigenvalue weighted by Gasteiger charge is -2.31. The number of hydrogen-bond acceptors (Lipinski definition) is 7. The lowest BCUT2D eigenvalue weighted by molar-refractivity contribution is -0.138. The molecule has 2 N–H and O–H groups in total. The predicted octanol–water partition coefficient (Wildman–Crippen LogP) is 6.77. The van der Waals surface area contributed by atoms with Crippen LogP contribution in [0.15, 0.2) is 89.0 Å². The number of esters is 1. The van der Waals surface area contributed by atoms with E-state index in [-0.39, 0.29) is 29.4 Å². The van der Waals surface area contributed by atoms with Crippen LogP contribution in [0.4, 0.5) is 5.69 Å². The van der Waals surface area contributed by atoms with Gasteiger partial charge in [-0.1, -0.05) is 83.5 Å². The number of anilines is 1. The molecule has 0 bridgehead atoms.